The summed E-state index contributed by atoms with van der Waals surface area (Å²) in [5, 5.41) is 10.4. The normalized spacial score (nSPS) is 18.7. The molecular weight excluding hydrogens is 447 g/mol. The number of aromatic nitrogens is 3. The number of nitrogens with one attached hydrogen (secondary N) is 1. The van der Waals surface area contributed by atoms with Crippen LogP contribution in [0, 0.1) is 11.7 Å². The van der Waals surface area contributed by atoms with Gasteiger partial charge in [-0.2, -0.15) is 0 Å². The first-order valence-electron chi connectivity index (χ1n) is 11.1. The number of piperidine rings is 1. The van der Waals surface area contributed by atoms with E-state index in [2.05, 4.69) is 20.4 Å². The van der Waals surface area contributed by atoms with Crippen LogP contribution in [-0.2, 0) is 20.8 Å². The van der Waals surface area contributed by atoms with Gasteiger partial charge >= 0.3 is 12.1 Å². The molecule has 12 heteroatoms. The van der Waals surface area contributed by atoms with E-state index in [0.29, 0.717) is 36.9 Å². The summed E-state index contributed by atoms with van der Waals surface area (Å²) in [5.74, 6) is -0.815. The van der Waals surface area contributed by atoms with Crippen molar-refractivity contribution in [3.8, 4) is 0 Å². The first-order chi connectivity index (χ1) is 16.3. The number of benzene rings is 1. The first kappa shape index (κ1) is 23.5. The van der Waals surface area contributed by atoms with Gasteiger partial charge in [0.05, 0.1) is 37.8 Å². The fourth-order valence-electron chi connectivity index (χ4n) is 4.22. The number of carbonyl (C=O) groups excluding carboxylic acids is 3. The van der Waals surface area contributed by atoms with Crippen molar-refractivity contribution in [2.24, 2.45) is 5.92 Å². The molecular formula is C22H27FN6O5. The SMILES string of the molecule is COC(=O)c1cn(CC2CCN(c3ccc(N4C[C@H](CNC(C)=O)OC4=O)cc3F)CC2)nn1. The Bertz CT molecular complexity index is 1070. The van der Waals surface area contributed by atoms with Gasteiger partial charge in [-0.3, -0.25) is 14.4 Å². The fourth-order valence-corrected chi connectivity index (χ4v) is 4.22. The maximum atomic E-state index is 15.0. The third-order valence-electron chi connectivity index (χ3n) is 6.03. The number of nitrogens with zero attached hydrogens (tertiary/aromatic N) is 5. The van der Waals surface area contributed by atoms with Gasteiger partial charge in [-0.25, -0.2) is 14.0 Å². The Morgan fingerprint density at radius 2 is 2.06 bits per heavy atom. The van der Waals surface area contributed by atoms with Crippen molar-refractivity contribution in [1.29, 1.82) is 0 Å². The second kappa shape index (κ2) is 10.1. The summed E-state index contributed by atoms with van der Waals surface area (Å²) in [6.45, 7) is 3.81. The third-order valence-corrected chi connectivity index (χ3v) is 6.03. The second-order valence-corrected chi connectivity index (χ2v) is 8.44. The molecule has 3 heterocycles. The Morgan fingerprint density at radius 3 is 2.74 bits per heavy atom. The molecule has 2 amide bonds. The minimum absolute atomic E-state index is 0.172. The molecule has 4 rings (SSSR count). The predicted molar refractivity (Wildman–Crippen MR) is 119 cm³/mol. The van der Waals surface area contributed by atoms with Gasteiger partial charge < -0.3 is 19.7 Å². The lowest BCUT2D eigenvalue weighted by Gasteiger charge is -2.34. The summed E-state index contributed by atoms with van der Waals surface area (Å²) >= 11 is 0. The van der Waals surface area contributed by atoms with E-state index >= 15 is 0 Å². The van der Waals surface area contributed by atoms with Gasteiger partial charge in [0.25, 0.3) is 0 Å². The van der Waals surface area contributed by atoms with Gasteiger partial charge in [-0.05, 0) is 37.0 Å². The van der Waals surface area contributed by atoms with E-state index in [4.69, 9.17) is 4.74 Å². The molecule has 11 nitrogen and oxygen atoms in total. The van der Waals surface area contributed by atoms with E-state index in [1.54, 1.807) is 23.0 Å². The Kier molecular flexibility index (Phi) is 6.94. The molecule has 2 aliphatic rings. The zero-order chi connectivity index (χ0) is 24.2. The molecule has 2 saturated heterocycles. The number of amides is 2. The van der Waals surface area contributed by atoms with Gasteiger partial charge in [-0.15, -0.1) is 5.10 Å². The Hall–Kier alpha value is -3.70. The fraction of sp³-hybridized carbons (Fsp3) is 0.500. The van der Waals surface area contributed by atoms with E-state index in [-0.39, 0.29) is 24.7 Å². The molecule has 2 aliphatic heterocycles. The minimum atomic E-state index is -0.563. The number of ether oxygens (including phenoxy) is 2. The molecule has 182 valence electrons. The van der Waals surface area contributed by atoms with Crippen molar-refractivity contribution >= 4 is 29.3 Å². The van der Waals surface area contributed by atoms with Gasteiger partial charge in [0.15, 0.2) is 5.69 Å². The quantitative estimate of drug-likeness (QED) is 0.601. The van der Waals surface area contributed by atoms with Gasteiger partial charge in [0.2, 0.25) is 5.91 Å². The van der Waals surface area contributed by atoms with Crippen LogP contribution in [0.1, 0.15) is 30.3 Å². The highest BCUT2D eigenvalue weighted by atomic mass is 19.1. The number of carbonyl (C=O) groups is 3. The van der Waals surface area contributed by atoms with E-state index in [0.717, 1.165) is 12.8 Å². The molecule has 0 radical (unpaired) electrons. The van der Waals surface area contributed by atoms with Gasteiger partial charge in [0, 0.05) is 26.6 Å². The largest absolute Gasteiger partial charge is 0.464 e. The van der Waals surface area contributed by atoms with Crippen LogP contribution in [0.15, 0.2) is 24.4 Å². The van der Waals surface area contributed by atoms with Gasteiger partial charge in [0.1, 0.15) is 11.9 Å². The number of methoxy groups -OCH3 is 1. The van der Waals surface area contributed by atoms with Crippen LogP contribution in [-0.4, -0.2) is 72.4 Å². The summed E-state index contributed by atoms with van der Waals surface area (Å²) < 4.78 is 26.5. The van der Waals surface area contributed by atoms with Crippen LogP contribution in [0.4, 0.5) is 20.6 Å². The minimum Gasteiger partial charge on any atom is -0.464 e. The van der Waals surface area contributed by atoms with Crippen LogP contribution in [0.3, 0.4) is 0 Å². The number of halogens is 1. The van der Waals surface area contributed by atoms with Crippen LogP contribution >= 0.6 is 0 Å². The Labute approximate surface area is 195 Å². The van der Waals surface area contributed by atoms with E-state index < -0.39 is 24.0 Å². The topological polar surface area (TPSA) is 119 Å². The Balaban J connectivity index is 1.32. The summed E-state index contributed by atoms with van der Waals surface area (Å²) in [6.07, 6.45) is 2.19. The molecule has 2 aromatic rings. The van der Waals surface area contributed by atoms with Crippen molar-refractivity contribution in [2.45, 2.75) is 32.4 Å². The monoisotopic (exact) mass is 474 g/mol. The maximum absolute atomic E-state index is 15.0. The van der Waals surface area contributed by atoms with E-state index in [1.165, 1.54) is 25.0 Å². The van der Waals surface area contributed by atoms with Crippen molar-refractivity contribution in [3.63, 3.8) is 0 Å². The summed E-state index contributed by atoms with van der Waals surface area (Å²) in [7, 11) is 1.30. The Morgan fingerprint density at radius 1 is 1.29 bits per heavy atom. The maximum Gasteiger partial charge on any atom is 0.414 e. The van der Waals surface area contributed by atoms with Crippen LogP contribution in [0.2, 0.25) is 0 Å². The molecule has 2 fully saturated rings. The standard InChI is InChI=1S/C22H27FN6O5/c1-14(30)24-10-17-12-29(22(32)34-17)16-3-4-20(18(23)9-16)27-7-5-15(6-8-27)11-28-13-19(25-26-28)21(31)33-2/h3-4,9,13,15,17H,5-8,10-12H2,1-2H3,(H,24,30)/t17-/m0/s1. The van der Waals surface area contributed by atoms with Crippen LogP contribution in [0.25, 0.3) is 0 Å². The molecule has 1 aromatic heterocycles. The molecule has 1 atom stereocenters. The lowest BCUT2D eigenvalue weighted by Crippen LogP contribution is -2.35. The molecule has 0 spiro atoms. The molecule has 1 N–H and O–H groups in total. The molecule has 34 heavy (non-hydrogen) atoms. The van der Waals surface area contributed by atoms with Crippen molar-refractivity contribution < 1.29 is 28.2 Å². The molecule has 0 saturated carbocycles. The molecule has 0 bridgehead atoms. The average molecular weight is 474 g/mol. The smallest absolute Gasteiger partial charge is 0.414 e. The number of hydrogen-bond donors (Lipinski definition) is 1. The number of cyclic esters (lactones) is 1. The molecule has 1 aromatic carbocycles. The molecule has 0 aliphatic carbocycles. The molecule has 0 unspecified atom stereocenters. The van der Waals surface area contributed by atoms with Gasteiger partial charge in [-0.1, -0.05) is 5.21 Å². The summed E-state index contributed by atoms with van der Waals surface area (Å²) in [4.78, 5) is 38.1. The summed E-state index contributed by atoms with van der Waals surface area (Å²) in [6, 6.07) is 4.73. The summed E-state index contributed by atoms with van der Waals surface area (Å²) in [5.41, 5.74) is 1.07. The number of rotatable bonds is 7. The van der Waals surface area contributed by atoms with Crippen LogP contribution < -0.4 is 15.1 Å². The highest BCUT2D eigenvalue weighted by Gasteiger charge is 2.33. The van der Waals surface area contributed by atoms with E-state index in [9.17, 15) is 18.8 Å². The average Bonchev–Trinajstić information content (AvgIpc) is 3.44. The number of anilines is 2. The predicted octanol–water partition coefficient (Wildman–Crippen LogP) is 1.58. The second-order valence-electron chi connectivity index (χ2n) is 8.44. The van der Waals surface area contributed by atoms with Crippen molar-refractivity contribution in [2.75, 3.05) is 43.1 Å². The lowest BCUT2D eigenvalue weighted by atomic mass is 9.96. The van der Waals surface area contributed by atoms with Crippen molar-refractivity contribution in [1.82, 2.24) is 20.3 Å². The highest BCUT2D eigenvalue weighted by molar-refractivity contribution is 5.90. The van der Waals surface area contributed by atoms with E-state index in [1.807, 2.05) is 4.90 Å². The highest BCUT2D eigenvalue weighted by Crippen LogP contribution is 2.30. The zero-order valence-corrected chi connectivity index (χ0v) is 19.1. The zero-order valence-electron chi connectivity index (χ0n) is 19.1. The van der Waals surface area contributed by atoms with Crippen LogP contribution in [0.5, 0.6) is 0 Å². The number of hydrogen-bond acceptors (Lipinski definition) is 8. The lowest BCUT2D eigenvalue weighted by molar-refractivity contribution is -0.119. The number of esters is 1. The van der Waals surface area contributed by atoms with Crippen molar-refractivity contribution in [3.05, 3.63) is 35.9 Å². The third kappa shape index (κ3) is 5.26. The first-order valence-corrected chi connectivity index (χ1v) is 11.1.